The fraction of sp³-hybridized carbons (Fsp3) is 0.0323. The molecule has 0 amide bonds. The Morgan fingerprint density at radius 1 is 0.377 bits per heavy atom. The van der Waals surface area contributed by atoms with E-state index in [-0.39, 0.29) is 10.9 Å². The van der Waals surface area contributed by atoms with Gasteiger partial charge in [0.15, 0.2) is 10.9 Å². The van der Waals surface area contributed by atoms with Crippen molar-refractivity contribution in [2.45, 2.75) is 0 Å². The number of para-hydroxylation sites is 2. The van der Waals surface area contributed by atoms with Crippen LogP contribution in [0.3, 0.4) is 0 Å². The van der Waals surface area contributed by atoms with Crippen molar-refractivity contribution in [2.75, 3.05) is 14.2 Å². The summed E-state index contributed by atoms with van der Waals surface area (Å²) < 4.78 is 7.36. The summed E-state index contributed by atoms with van der Waals surface area (Å²) >= 11 is 0. The second-order valence-corrected chi connectivity index (χ2v) is 18.0. The molecule has 3 aromatic heterocycles. The van der Waals surface area contributed by atoms with E-state index in [2.05, 4.69) is 113 Å². The normalized spacial score (nSPS) is 12.0. The number of nitrogens with one attached hydrogen (secondary N) is 2. The topological polar surface area (TPSA) is 89.1 Å². The Bertz CT molecular complexity index is 4690. The molecule has 0 saturated carbocycles. The van der Waals surface area contributed by atoms with Gasteiger partial charge in [-0.2, -0.15) is 4.73 Å². The highest BCUT2D eigenvalue weighted by Gasteiger charge is 2.20. The van der Waals surface area contributed by atoms with Crippen LogP contribution in [-0.4, -0.2) is 28.9 Å². The van der Waals surface area contributed by atoms with Crippen LogP contribution in [0.5, 0.6) is 5.75 Å². The number of fused-ring (bicyclic) bond motifs is 14. The first-order chi connectivity index (χ1) is 33.9. The zero-order chi connectivity index (χ0) is 46.1. The monoisotopic (exact) mass is 889 g/mol. The SMILES string of the molecule is COc1ccc2c3ccc(-c4cccc5c(=O)c6c(ccc7ccc8c(-c9ccc%10[nH]c%11ccccc%11c%10c9)c(-c9ccc%10[nH]c%11ccccc%11c%10c9)ccc8c(=O)c76)ccc45)cc3n(OC)c2c1. The van der Waals surface area contributed by atoms with Crippen molar-refractivity contribution < 1.29 is 9.57 Å². The quantitative estimate of drug-likeness (QED) is 0.180. The zero-order valence-electron chi connectivity index (χ0n) is 37.5. The van der Waals surface area contributed by atoms with Gasteiger partial charge < -0.3 is 19.5 Å². The number of methoxy groups -OCH3 is 1. The molecular formula is C62H39N3O4. The van der Waals surface area contributed by atoms with Crippen LogP contribution in [0.1, 0.15) is 0 Å². The molecular weight excluding hydrogens is 851 g/mol. The summed E-state index contributed by atoms with van der Waals surface area (Å²) in [5.74, 6) is 0.740. The fourth-order valence-corrected chi connectivity index (χ4v) is 11.2. The molecule has 11 aromatic carbocycles. The third kappa shape index (κ3) is 5.68. The first kappa shape index (κ1) is 39.0. The lowest BCUT2D eigenvalue weighted by Crippen LogP contribution is -2.06. The van der Waals surface area contributed by atoms with Gasteiger partial charge in [0.1, 0.15) is 12.9 Å². The maximum absolute atomic E-state index is 15.6. The minimum atomic E-state index is -0.193. The van der Waals surface area contributed by atoms with Crippen LogP contribution in [0.4, 0.5) is 0 Å². The summed E-state index contributed by atoms with van der Waals surface area (Å²) in [6.45, 7) is 0. The van der Waals surface area contributed by atoms with E-state index >= 15 is 9.59 Å². The van der Waals surface area contributed by atoms with E-state index in [1.807, 2.05) is 89.7 Å². The average Bonchev–Trinajstić information content (AvgIpc) is 4.00. The van der Waals surface area contributed by atoms with E-state index in [1.165, 1.54) is 0 Å². The van der Waals surface area contributed by atoms with Gasteiger partial charge >= 0.3 is 0 Å². The van der Waals surface area contributed by atoms with E-state index in [9.17, 15) is 0 Å². The Hall–Kier alpha value is -9.20. The van der Waals surface area contributed by atoms with E-state index in [0.29, 0.717) is 32.3 Å². The predicted molar refractivity (Wildman–Crippen MR) is 286 cm³/mol. The number of ether oxygens (including phenoxy) is 1. The van der Waals surface area contributed by atoms with Crippen molar-refractivity contribution in [1.29, 1.82) is 0 Å². The first-order valence-corrected chi connectivity index (χ1v) is 23.1. The van der Waals surface area contributed by atoms with Crippen molar-refractivity contribution in [3.8, 4) is 39.1 Å². The molecule has 0 aliphatic rings. The summed E-state index contributed by atoms with van der Waals surface area (Å²) in [5, 5.41) is 11.5. The molecule has 0 spiro atoms. The van der Waals surface area contributed by atoms with Gasteiger partial charge in [-0.25, -0.2) is 0 Å². The smallest absolute Gasteiger partial charge is 0.195 e. The molecule has 0 bridgehead atoms. The number of benzene rings is 9. The summed E-state index contributed by atoms with van der Waals surface area (Å²) in [7, 11) is 3.31. The van der Waals surface area contributed by atoms with E-state index in [4.69, 9.17) is 9.57 Å². The van der Waals surface area contributed by atoms with Crippen LogP contribution in [0.15, 0.2) is 198 Å². The third-order valence-electron chi connectivity index (χ3n) is 14.5. The Morgan fingerprint density at radius 2 is 0.884 bits per heavy atom. The number of nitrogens with zero attached hydrogens (tertiary/aromatic N) is 1. The predicted octanol–water partition coefficient (Wildman–Crippen LogP) is 14.5. The minimum absolute atomic E-state index is 0.189. The number of aromatic nitrogens is 3. The van der Waals surface area contributed by atoms with Crippen LogP contribution in [0.25, 0.3) is 142 Å². The maximum atomic E-state index is 15.6. The lowest BCUT2D eigenvalue weighted by Gasteiger charge is -2.14. The molecule has 326 valence electrons. The van der Waals surface area contributed by atoms with E-state index in [1.54, 1.807) is 14.2 Å². The molecule has 2 N–H and O–H groups in total. The Balaban J connectivity index is 1.02. The molecule has 69 heavy (non-hydrogen) atoms. The second-order valence-electron chi connectivity index (χ2n) is 18.0. The van der Waals surface area contributed by atoms with Crippen molar-refractivity contribution >= 4 is 109 Å². The van der Waals surface area contributed by atoms with Crippen LogP contribution < -0.4 is 20.4 Å². The number of rotatable bonds is 5. The zero-order valence-corrected chi connectivity index (χ0v) is 37.5. The third-order valence-corrected chi connectivity index (χ3v) is 14.5. The number of hydrogen-bond acceptors (Lipinski definition) is 4. The molecule has 14 rings (SSSR count). The highest BCUT2D eigenvalue weighted by molar-refractivity contribution is 6.17. The van der Waals surface area contributed by atoms with Crippen molar-refractivity contribution in [1.82, 2.24) is 14.7 Å². The van der Waals surface area contributed by atoms with Crippen molar-refractivity contribution in [2.24, 2.45) is 0 Å². The van der Waals surface area contributed by atoms with E-state index in [0.717, 1.165) is 115 Å². The lowest BCUT2D eigenvalue weighted by atomic mass is 9.89. The molecule has 0 aliphatic carbocycles. The van der Waals surface area contributed by atoms with Crippen LogP contribution in [0.2, 0.25) is 0 Å². The van der Waals surface area contributed by atoms with Gasteiger partial charge in [0.25, 0.3) is 0 Å². The van der Waals surface area contributed by atoms with Gasteiger partial charge in [-0.1, -0.05) is 121 Å². The van der Waals surface area contributed by atoms with Gasteiger partial charge in [0, 0.05) is 82.0 Å². The highest BCUT2D eigenvalue weighted by Crippen LogP contribution is 2.42. The number of hydrogen-bond donors (Lipinski definition) is 2. The maximum Gasteiger partial charge on any atom is 0.195 e. The Kier molecular flexibility index (Phi) is 8.28. The fourth-order valence-electron chi connectivity index (χ4n) is 11.2. The van der Waals surface area contributed by atoms with Crippen molar-refractivity contribution in [3.63, 3.8) is 0 Å². The molecule has 7 heteroatoms. The number of aromatic amines is 2. The summed E-state index contributed by atoms with van der Waals surface area (Å²) in [6, 6.07) is 64.0. The molecule has 0 aliphatic heterocycles. The number of H-pyrrole nitrogens is 2. The largest absolute Gasteiger partial charge is 0.497 e. The Morgan fingerprint density at radius 3 is 1.57 bits per heavy atom. The molecule has 0 atom stereocenters. The van der Waals surface area contributed by atoms with Gasteiger partial charge in [0.05, 0.1) is 18.1 Å². The summed E-state index contributed by atoms with van der Waals surface area (Å²) in [5.41, 5.74) is 11.5. The second kappa shape index (κ2) is 14.6. The average molecular weight is 890 g/mol. The highest BCUT2D eigenvalue weighted by atomic mass is 16.6. The molecule has 0 fully saturated rings. The van der Waals surface area contributed by atoms with Gasteiger partial charge in [0.2, 0.25) is 0 Å². The first-order valence-electron chi connectivity index (χ1n) is 23.1. The molecule has 0 saturated heterocycles. The lowest BCUT2D eigenvalue weighted by molar-refractivity contribution is 0.190. The molecule has 0 radical (unpaired) electrons. The molecule has 7 nitrogen and oxygen atoms in total. The molecule has 14 aromatic rings. The van der Waals surface area contributed by atoms with Crippen LogP contribution in [-0.2, 0) is 0 Å². The summed E-state index contributed by atoms with van der Waals surface area (Å²) in [4.78, 5) is 44.0. The van der Waals surface area contributed by atoms with E-state index < -0.39 is 0 Å². The summed E-state index contributed by atoms with van der Waals surface area (Å²) in [6.07, 6.45) is 0. The van der Waals surface area contributed by atoms with Crippen LogP contribution >= 0.6 is 0 Å². The van der Waals surface area contributed by atoms with Gasteiger partial charge in [-0.15, -0.1) is 0 Å². The molecule has 3 heterocycles. The van der Waals surface area contributed by atoms with Gasteiger partial charge in [-0.3, -0.25) is 9.59 Å². The Labute approximate surface area is 393 Å². The van der Waals surface area contributed by atoms with Crippen LogP contribution in [0, 0.1) is 0 Å². The van der Waals surface area contributed by atoms with Crippen molar-refractivity contribution in [3.05, 3.63) is 209 Å². The van der Waals surface area contributed by atoms with Gasteiger partial charge in [-0.05, 0) is 116 Å². The molecule has 0 unspecified atom stereocenters. The minimum Gasteiger partial charge on any atom is -0.497 e. The standard InChI is InChI=1S/C62H39N3O4/c1-68-39-21-25-46-45-23-18-37(32-56(45)65(69-2)57(46)33-39)40-10-7-11-48-42(40)22-16-34-14-15-35-17-24-47-49(62(67)60(35)59(34)61(48)66)27-26-41(36-19-28-54-50(30-36)43-8-3-5-12-52(43)63-54)58(47)38-20-29-55-51(31-38)44-9-4-6-13-53(44)64-55/h3-33,63-64H,1-2H3.